The van der Waals surface area contributed by atoms with Crippen molar-refractivity contribution < 1.29 is 27.6 Å². The lowest BCUT2D eigenvalue weighted by Crippen LogP contribution is -2.39. The van der Waals surface area contributed by atoms with E-state index in [0.29, 0.717) is 24.3 Å². The summed E-state index contributed by atoms with van der Waals surface area (Å²) in [6.07, 6.45) is -3.21. The molecule has 3 aromatic rings. The van der Waals surface area contributed by atoms with Gasteiger partial charge < -0.3 is 20.3 Å². The fourth-order valence-corrected chi connectivity index (χ4v) is 3.99. The van der Waals surface area contributed by atoms with Crippen molar-refractivity contribution in [3.63, 3.8) is 0 Å². The van der Waals surface area contributed by atoms with Crippen molar-refractivity contribution in [3.05, 3.63) is 70.0 Å². The first-order valence-electron chi connectivity index (χ1n) is 13.3. The highest BCUT2D eigenvalue weighted by atomic mass is 19.4. The number of ether oxygens (including phenoxy) is 1. The van der Waals surface area contributed by atoms with Crippen molar-refractivity contribution in [1.29, 1.82) is 0 Å². The maximum absolute atomic E-state index is 13.4. The molecular formula is C28H34F3N7O4. The highest BCUT2D eigenvalue weighted by Crippen LogP contribution is 2.28. The number of benzene rings is 1. The van der Waals surface area contributed by atoms with E-state index in [1.807, 2.05) is 13.8 Å². The molecule has 2 heterocycles. The normalized spacial score (nSPS) is 12.4. The van der Waals surface area contributed by atoms with Gasteiger partial charge in [-0.15, -0.1) is 0 Å². The van der Waals surface area contributed by atoms with Crippen LogP contribution in [0.4, 0.5) is 42.1 Å². The van der Waals surface area contributed by atoms with Crippen LogP contribution in [-0.4, -0.2) is 56.8 Å². The molecule has 226 valence electrons. The minimum absolute atomic E-state index is 0.0506. The number of aromatic nitrogens is 3. The average molecular weight is 590 g/mol. The number of esters is 1. The van der Waals surface area contributed by atoms with Crippen molar-refractivity contribution in [2.24, 2.45) is 0 Å². The van der Waals surface area contributed by atoms with Gasteiger partial charge in [0.2, 0.25) is 11.8 Å². The van der Waals surface area contributed by atoms with Crippen LogP contribution in [0.3, 0.4) is 0 Å². The first-order valence-corrected chi connectivity index (χ1v) is 13.3. The molecule has 14 heteroatoms. The van der Waals surface area contributed by atoms with Gasteiger partial charge in [0.1, 0.15) is 17.5 Å². The monoisotopic (exact) mass is 589 g/mol. The lowest BCUT2D eigenvalue weighted by Gasteiger charge is -2.26. The molecule has 0 aliphatic heterocycles. The summed E-state index contributed by atoms with van der Waals surface area (Å²) in [5, 5.41) is 17.1. The number of nitro groups is 1. The number of rotatable bonds is 12. The van der Waals surface area contributed by atoms with E-state index < -0.39 is 35.1 Å². The van der Waals surface area contributed by atoms with Crippen LogP contribution in [0.5, 0.6) is 0 Å². The van der Waals surface area contributed by atoms with E-state index in [9.17, 15) is 28.1 Å². The summed E-state index contributed by atoms with van der Waals surface area (Å²) in [6.45, 7) is 9.89. The Morgan fingerprint density at radius 1 is 1.07 bits per heavy atom. The van der Waals surface area contributed by atoms with Crippen LogP contribution in [0.25, 0.3) is 0 Å². The highest BCUT2D eigenvalue weighted by molar-refractivity contribution is 5.80. The molecule has 2 N–H and O–H groups in total. The average Bonchev–Trinajstić information content (AvgIpc) is 2.90. The SMILES string of the molecule is CCN(CC)c1ncc(CC(F)(F)F)c(NC(Cc2ccc(Nc3ncccc3[N+](=O)[O-])cc2)C(=O)OC(C)(C)C)n1. The van der Waals surface area contributed by atoms with Gasteiger partial charge in [0.15, 0.2) is 0 Å². The summed E-state index contributed by atoms with van der Waals surface area (Å²) >= 11 is 0. The number of halogens is 3. The standard InChI is InChI=1S/C28H34F3N7O4/c1-6-37(7-2)26-33-17-19(16-28(29,30)31)23(36-26)35-21(25(39)42-27(3,4)5)15-18-10-12-20(13-11-18)34-24-22(38(40)41)9-8-14-32-24/h8-14,17,21H,6-7,15-16H2,1-5H3,(H,32,34)(H,33,35,36). The van der Waals surface area contributed by atoms with E-state index in [2.05, 4.69) is 25.6 Å². The maximum atomic E-state index is 13.4. The third kappa shape index (κ3) is 9.28. The Hall–Kier alpha value is -4.49. The second-order valence-electron chi connectivity index (χ2n) is 10.4. The van der Waals surface area contributed by atoms with Crippen LogP contribution < -0.4 is 15.5 Å². The molecule has 1 atom stereocenters. The molecule has 0 amide bonds. The first-order chi connectivity index (χ1) is 19.7. The van der Waals surface area contributed by atoms with Gasteiger partial charge in [-0.3, -0.25) is 10.1 Å². The number of anilines is 4. The van der Waals surface area contributed by atoms with Gasteiger partial charge in [0.05, 0.1) is 11.3 Å². The number of hydrogen-bond donors (Lipinski definition) is 2. The maximum Gasteiger partial charge on any atom is 0.393 e. The molecule has 0 saturated carbocycles. The zero-order valence-electron chi connectivity index (χ0n) is 24.0. The number of carbonyl (C=O) groups excluding carboxylic acids is 1. The molecule has 0 radical (unpaired) electrons. The molecule has 3 rings (SSSR count). The summed E-state index contributed by atoms with van der Waals surface area (Å²) in [5.41, 5.74) is -0.0956. The van der Waals surface area contributed by atoms with Crippen molar-refractivity contribution in [2.75, 3.05) is 28.6 Å². The number of pyridine rings is 1. The summed E-state index contributed by atoms with van der Waals surface area (Å²) < 4.78 is 45.8. The Kier molecular flexibility index (Phi) is 10.3. The Labute approximate surface area is 241 Å². The van der Waals surface area contributed by atoms with Crippen LogP contribution in [0.1, 0.15) is 45.7 Å². The zero-order chi connectivity index (χ0) is 31.1. The molecule has 42 heavy (non-hydrogen) atoms. The minimum atomic E-state index is -4.52. The molecule has 1 aromatic carbocycles. The molecule has 0 fully saturated rings. The summed E-state index contributed by atoms with van der Waals surface area (Å²) in [6, 6.07) is 8.37. The van der Waals surface area contributed by atoms with E-state index in [1.165, 1.54) is 18.3 Å². The predicted molar refractivity (Wildman–Crippen MR) is 153 cm³/mol. The second-order valence-corrected chi connectivity index (χ2v) is 10.4. The molecule has 2 aromatic heterocycles. The summed E-state index contributed by atoms with van der Waals surface area (Å²) in [7, 11) is 0. The van der Waals surface area contributed by atoms with Gasteiger partial charge in [0, 0.05) is 49.2 Å². The van der Waals surface area contributed by atoms with Crippen molar-refractivity contribution in [2.45, 2.75) is 65.3 Å². The lowest BCUT2D eigenvalue weighted by molar-refractivity contribution is -0.384. The van der Waals surface area contributed by atoms with Crippen LogP contribution in [0, 0.1) is 10.1 Å². The van der Waals surface area contributed by atoms with Crippen LogP contribution in [-0.2, 0) is 22.4 Å². The summed E-state index contributed by atoms with van der Waals surface area (Å²) in [4.78, 5) is 38.3. The molecule has 0 aliphatic carbocycles. The third-order valence-corrected chi connectivity index (χ3v) is 5.93. The topological polar surface area (TPSA) is 135 Å². The largest absolute Gasteiger partial charge is 0.458 e. The Bertz CT molecular complexity index is 1380. The lowest BCUT2D eigenvalue weighted by atomic mass is 10.0. The number of nitrogens with zero attached hydrogens (tertiary/aromatic N) is 5. The van der Waals surface area contributed by atoms with Gasteiger partial charge >= 0.3 is 17.8 Å². The molecule has 0 saturated heterocycles. The van der Waals surface area contributed by atoms with Gasteiger partial charge in [-0.2, -0.15) is 18.2 Å². The number of nitrogens with one attached hydrogen (secondary N) is 2. The van der Waals surface area contributed by atoms with Crippen LogP contribution in [0.2, 0.25) is 0 Å². The van der Waals surface area contributed by atoms with Crippen LogP contribution >= 0.6 is 0 Å². The van der Waals surface area contributed by atoms with Crippen LogP contribution in [0.15, 0.2) is 48.8 Å². The molecular weight excluding hydrogens is 555 g/mol. The predicted octanol–water partition coefficient (Wildman–Crippen LogP) is 5.84. The van der Waals surface area contributed by atoms with E-state index in [1.54, 1.807) is 49.9 Å². The van der Waals surface area contributed by atoms with Gasteiger partial charge in [-0.25, -0.2) is 14.8 Å². The Balaban J connectivity index is 1.92. The minimum Gasteiger partial charge on any atom is -0.458 e. The smallest absolute Gasteiger partial charge is 0.393 e. The van der Waals surface area contributed by atoms with Crippen molar-refractivity contribution >= 4 is 34.9 Å². The molecule has 0 aliphatic rings. The van der Waals surface area contributed by atoms with E-state index in [4.69, 9.17) is 4.74 Å². The van der Waals surface area contributed by atoms with Crippen molar-refractivity contribution in [1.82, 2.24) is 15.0 Å². The van der Waals surface area contributed by atoms with Gasteiger partial charge in [-0.05, 0) is 58.4 Å². The van der Waals surface area contributed by atoms with E-state index >= 15 is 0 Å². The number of carbonyl (C=O) groups is 1. The van der Waals surface area contributed by atoms with Gasteiger partial charge in [0.25, 0.3) is 0 Å². The quantitative estimate of drug-likeness (QED) is 0.151. The Morgan fingerprint density at radius 2 is 1.74 bits per heavy atom. The van der Waals surface area contributed by atoms with E-state index in [-0.39, 0.29) is 35.3 Å². The molecule has 0 spiro atoms. The Morgan fingerprint density at radius 3 is 2.31 bits per heavy atom. The fraction of sp³-hybridized carbons (Fsp3) is 0.429. The van der Waals surface area contributed by atoms with Crippen molar-refractivity contribution in [3.8, 4) is 0 Å². The molecule has 1 unspecified atom stereocenters. The molecule has 11 nitrogen and oxygen atoms in total. The first kappa shape index (κ1) is 32.0. The summed E-state index contributed by atoms with van der Waals surface area (Å²) in [5.74, 6) is -0.487. The second kappa shape index (κ2) is 13.4. The highest BCUT2D eigenvalue weighted by Gasteiger charge is 2.32. The van der Waals surface area contributed by atoms with E-state index in [0.717, 1.165) is 6.20 Å². The van der Waals surface area contributed by atoms with Gasteiger partial charge in [-0.1, -0.05) is 12.1 Å². The zero-order valence-corrected chi connectivity index (χ0v) is 24.0. The fourth-order valence-electron chi connectivity index (χ4n) is 3.99. The molecule has 0 bridgehead atoms. The number of hydrogen-bond acceptors (Lipinski definition) is 10. The number of alkyl halides is 3. The third-order valence-electron chi connectivity index (χ3n) is 5.93.